The fraction of sp³-hybridized carbons (Fsp3) is 0.176. The van der Waals surface area contributed by atoms with Crippen LogP contribution < -0.4 is 0 Å². The van der Waals surface area contributed by atoms with Crippen LogP contribution in [-0.4, -0.2) is 0 Å². The van der Waals surface area contributed by atoms with E-state index in [1.165, 1.54) is 65.0 Å². The Balaban J connectivity index is 0.000000171. The first-order chi connectivity index (χ1) is 16.8. The molecule has 0 spiro atoms. The van der Waals surface area contributed by atoms with Gasteiger partial charge in [-0.2, -0.15) is 0 Å². The second-order valence-electron chi connectivity index (χ2n) is 8.72. The van der Waals surface area contributed by atoms with E-state index < -0.39 is 0 Å². The van der Waals surface area contributed by atoms with E-state index in [0.29, 0.717) is 0 Å². The van der Waals surface area contributed by atoms with Crippen LogP contribution in [0.4, 0.5) is 0 Å². The third-order valence-electron chi connectivity index (χ3n) is 6.98. The van der Waals surface area contributed by atoms with Crippen molar-refractivity contribution in [1.82, 2.24) is 0 Å². The summed E-state index contributed by atoms with van der Waals surface area (Å²) in [5.74, 6) is 0. The maximum absolute atomic E-state index is 2.27. The van der Waals surface area contributed by atoms with Gasteiger partial charge in [0, 0.05) is 0 Å². The molecule has 7 aromatic carbocycles. The lowest BCUT2D eigenvalue weighted by Crippen LogP contribution is -1.89. The molecule has 0 aliphatic rings. The van der Waals surface area contributed by atoms with Crippen LogP contribution in [0.2, 0.25) is 0 Å². The second kappa shape index (κ2) is 9.31. The standard InChI is InChI=1S/C22H12.C10H14.C2H6/c1-3-13-7-9-15-11-12-16-10-8-14-4-2-6-18-17(5-1)19(13)21(15)22(16)20(14)18;1-3-9-5-7-10(4-2)8-6-9;1-2/h1-12H;5-8H,3-4H2,1-2H3;1-2H3. The molecule has 0 amide bonds. The van der Waals surface area contributed by atoms with Gasteiger partial charge in [-0.3, -0.25) is 0 Å². The predicted octanol–water partition coefficient (Wildman–Crippen LogP) is 10.2. The molecular formula is C34H32. The summed E-state index contributed by atoms with van der Waals surface area (Å²) in [6.07, 6.45) is 2.29. The molecule has 168 valence electrons. The van der Waals surface area contributed by atoms with Crippen molar-refractivity contribution in [2.45, 2.75) is 40.5 Å². The van der Waals surface area contributed by atoms with Gasteiger partial charge in [-0.05, 0) is 77.8 Å². The minimum absolute atomic E-state index is 1.14. The number of rotatable bonds is 2. The Morgan fingerprint density at radius 3 is 1.03 bits per heavy atom. The smallest absolute Gasteiger partial charge is 0.00141 e. The Morgan fingerprint density at radius 1 is 0.382 bits per heavy atom. The first-order valence-corrected chi connectivity index (χ1v) is 12.7. The van der Waals surface area contributed by atoms with Gasteiger partial charge < -0.3 is 0 Å². The van der Waals surface area contributed by atoms with Crippen molar-refractivity contribution in [2.24, 2.45) is 0 Å². The van der Waals surface area contributed by atoms with Crippen molar-refractivity contribution in [3.8, 4) is 0 Å². The summed E-state index contributed by atoms with van der Waals surface area (Å²) in [4.78, 5) is 0. The van der Waals surface area contributed by atoms with Crippen LogP contribution in [0.25, 0.3) is 53.9 Å². The van der Waals surface area contributed by atoms with Crippen molar-refractivity contribution >= 4 is 53.9 Å². The van der Waals surface area contributed by atoms with Gasteiger partial charge in [-0.25, -0.2) is 0 Å². The molecule has 34 heavy (non-hydrogen) atoms. The van der Waals surface area contributed by atoms with E-state index in [0.717, 1.165) is 12.8 Å². The summed E-state index contributed by atoms with van der Waals surface area (Å²) in [6, 6.07) is 35.7. The van der Waals surface area contributed by atoms with Crippen LogP contribution in [0.15, 0.2) is 97.1 Å². The Kier molecular flexibility index (Phi) is 6.07. The Bertz CT molecular complexity index is 1530. The fourth-order valence-corrected chi connectivity index (χ4v) is 5.25. The number of hydrogen-bond acceptors (Lipinski definition) is 0. The molecule has 0 fully saturated rings. The first-order valence-electron chi connectivity index (χ1n) is 12.7. The molecule has 0 bridgehead atoms. The van der Waals surface area contributed by atoms with Crippen LogP contribution in [0.3, 0.4) is 0 Å². The van der Waals surface area contributed by atoms with Gasteiger partial charge in [0.25, 0.3) is 0 Å². The molecule has 0 aliphatic carbocycles. The molecule has 0 N–H and O–H groups in total. The number of fused-ring (bicyclic) bond motifs is 1. The van der Waals surface area contributed by atoms with Crippen LogP contribution in [0, 0.1) is 0 Å². The first kappa shape index (κ1) is 22.2. The van der Waals surface area contributed by atoms with E-state index in [1.54, 1.807) is 0 Å². The van der Waals surface area contributed by atoms with Crippen LogP contribution in [0.5, 0.6) is 0 Å². The minimum Gasteiger partial charge on any atom is -0.0683 e. The topological polar surface area (TPSA) is 0 Å². The Morgan fingerprint density at radius 2 is 0.706 bits per heavy atom. The van der Waals surface area contributed by atoms with Crippen LogP contribution in [0.1, 0.15) is 38.8 Å². The molecule has 0 heteroatoms. The molecule has 7 rings (SSSR count). The average molecular weight is 441 g/mol. The summed E-state index contributed by atoms with van der Waals surface area (Å²) in [7, 11) is 0. The largest absolute Gasteiger partial charge is 0.0683 e. The van der Waals surface area contributed by atoms with Gasteiger partial charge in [0.15, 0.2) is 0 Å². The van der Waals surface area contributed by atoms with Gasteiger partial charge >= 0.3 is 0 Å². The van der Waals surface area contributed by atoms with E-state index in [9.17, 15) is 0 Å². The highest BCUT2D eigenvalue weighted by atomic mass is 14.2. The number of aryl methyl sites for hydroxylation is 2. The third kappa shape index (κ3) is 3.55. The third-order valence-corrected chi connectivity index (χ3v) is 6.98. The predicted molar refractivity (Wildman–Crippen MR) is 153 cm³/mol. The molecule has 0 heterocycles. The molecule has 0 unspecified atom stereocenters. The zero-order valence-corrected chi connectivity index (χ0v) is 20.7. The lowest BCUT2D eigenvalue weighted by atomic mass is 9.86. The molecular weight excluding hydrogens is 408 g/mol. The molecule has 0 atom stereocenters. The molecule has 0 saturated heterocycles. The maximum Gasteiger partial charge on any atom is -0.00141 e. The van der Waals surface area contributed by atoms with Crippen molar-refractivity contribution in [1.29, 1.82) is 0 Å². The van der Waals surface area contributed by atoms with E-state index >= 15 is 0 Å². The SMILES string of the molecule is CC.CCc1ccc(CC)cc1.c1cc2ccc3ccc4ccc5cccc6c(c1)c2c3c4c56. The highest BCUT2D eigenvalue weighted by Gasteiger charge is 2.15. The average Bonchev–Trinajstić information content (AvgIpc) is 2.93. The molecule has 0 aliphatic heterocycles. The Hall–Kier alpha value is -3.64. The zero-order valence-electron chi connectivity index (χ0n) is 20.7. The van der Waals surface area contributed by atoms with Gasteiger partial charge in [0.05, 0.1) is 0 Å². The van der Waals surface area contributed by atoms with E-state index in [1.807, 2.05) is 13.8 Å². The Labute approximate surface area is 202 Å². The van der Waals surface area contributed by atoms with Crippen molar-refractivity contribution < 1.29 is 0 Å². The van der Waals surface area contributed by atoms with E-state index in [4.69, 9.17) is 0 Å². The monoisotopic (exact) mass is 440 g/mol. The van der Waals surface area contributed by atoms with Crippen molar-refractivity contribution in [2.75, 3.05) is 0 Å². The van der Waals surface area contributed by atoms with Gasteiger partial charge in [-0.1, -0.05) is 125 Å². The summed E-state index contributed by atoms with van der Waals surface area (Å²) < 4.78 is 0. The van der Waals surface area contributed by atoms with E-state index in [-0.39, 0.29) is 0 Å². The minimum atomic E-state index is 1.14. The highest BCUT2D eigenvalue weighted by Crippen LogP contribution is 2.44. The number of benzene rings is 7. The van der Waals surface area contributed by atoms with Gasteiger partial charge in [0.2, 0.25) is 0 Å². The van der Waals surface area contributed by atoms with Crippen LogP contribution >= 0.6 is 0 Å². The lowest BCUT2D eigenvalue weighted by Gasteiger charge is -2.17. The lowest BCUT2D eigenvalue weighted by molar-refractivity contribution is 1.10. The highest BCUT2D eigenvalue weighted by molar-refractivity contribution is 6.39. The molecule has 0 saturated carbocycles. The molecule has 0 nitrogen and oxygen atoms in total. The summed E-state index contributed by atoms with van der Waals surface area (Å²) >= 11 is 0. The molecule has 0 radical (unpaired) electrons. The quantitative estimate of drug-likeness (QED) is 0.185. The van der Waals surface area contributed by atoms with Crippen molar-refractivity contribution in [3.63, 3.8) is 0 Å². The normalized spacial score (nSPS) is 11.2. The summed E-state index contributed by atoms with van der Waals surface area (Å²) in [5, 5.41) is 13.8. The van der Waals surface area contributed by atoms with Gasteiger partial charge in [0.1, 0.15) is 0 Å². The fourth-order valence-electron chi connectivity index (χ4n) is 5.25. The number of hydrogen-bond donors (Lipinski definition) is 0. The summed E-state index contributed by atoms with van der Waals surface area (Å²) in [5.41, 5.74) is 2.86. The van der Waals surface area contributed by atoms with Gasteiger partial charge in [-0.15, -0.1) is 0 Å². The zero-order chi connectivity index (χ0) is 23.7. The molecule has 7 aromatic rings. The molecule has 0 aromatic heterocycles. The second-order valence-corrected chi connectivity index (χ2v) is 8.72. The van der Waals surface area contributed by atoms with Crippen LogP contribution in [-0.2, 0) is 12.8 Å². The van der Waals surface area contributed by atoms with E-state index in [2.05, 4.69) is 111 Å². The maximum atomic E-state index is 2.27. The summed E-state index contributed by atoms with van der Waals surface area (Å²) in [6.45, 7) is 8.36. The van der Waals surface area contributed by atoms with Crippen molar-refractivity contribution in [3.05, 3.63) is 108 Å².